The summed E-state index contributed by atoms with van der Waals surface area (Å²) in [6.45, 7) is 2.85. The minimum atomic E-state index is 0.306. The van der Waals surface area contributed by atoms with Gasteiger partial charge in [0.2, 0.25) is 0 Å². The normalized spacial score (nSPS) is 24.0. The Morgan fingerprint density at radius 3 is 2.69 bits per heavy atom. The Kier molecular flexibility index (Phi) is 5.35. The highest BCUT2D eigenvalue weighted by atomic mass is 16.3. The van der Waals surface area contributed by atoms with Crippen LogP contribution < -0.4 is 0 Å². The molecule has 1 rings (SSSR count). The molecular formula is C10H21NO2. The lowest BCUT2D eigenvalue weighted by molar-refractivity contribution is 0.156. The van der Waals surface area contributed by atoms with Crippen molar-refractivity contribution in [3.63, 3.8) is 0 Å². The van der Waals surface area contributed by atoms with Crippen LogP contribution in [-0.4, -0.2) is 47.5 Å². The highest BCUT2D eigenvalue weighted by molar-refractivity contribution is 4.77. The molecule has 1 atom stereocenters. The Hall–Kier alpha value is -0.120. The zero-order valence-electron chi connectivity index (χ0n) is 8.28. The van der Waals surface area contributed by atoms with Crippen LogP contribution >= 0.6 is 0 Å². The molecule has 3 heteroatoms. The fourth-order valence-electron chi connectivity index (χ4n) is 2.00. The molecule has 1 aliphatic heterocycles. The summed E-state index contributed by atoms with van der Waals surface area (Å²) in [6, 6.07) is 0.411. The van der Waals surface area contributed by atoms with Crippen molar-refractivity contribution in [2.24, 2.45) is 0 Å². The van der Waals surface area contributed by atoms with Crippen LogP contribution in [0.2, 0.25) is 0 Å². The van der Waals surface area contributed by atoms with E-state index in [1.807, 2.05) is 0 Å². The van der Waals surface area contributed by atoms with Gasteiger partial charge in [-0.05, 0) is 45.2 Å². The van der Waals surface area contributed by atoms with Gasteiger partial charge in [0.1, 0.15) is 0 Å². The van der Waals surface area contributed by atoms with E-state index in [4.69, 9.17) is 10.2 Å². The molecule has 2 N–H and O–H groups in total. The number of nitrogens with zero attached hydrogens (tertiary/aromatic N) is 1. The molecule has 0 aromatic carbocycles. The van der Waals surface area contributed by atoms with Crippen molar-refractivity contribution < 1.29 is 10.2 Å². The molecule has 0 amide bonds. The summed E-state index contributed by atoms with van der Waals surface area (Å²) >= 11 is 0. The fourth-order valence-corrected chi connectivity index (χ4v) is 2.00. The topological polar surface area (TPSA) is 43.7 Å². The van der Waals surface area contributed by atoms with Crippen LogP contribution in [0.1, 0.15) is 32.1 Å². The number of aliphatic hydroxyl groups is 2. The van der Waals surface area contributed by atoms with Crippen molar-refractivity contribution in [3.05, 3.63) is 0 Å². The van der Waals surface area contributed by atoms with Crippen molar-refractivity contribution >= 4 is 0 Å². The quantitative estimate of drug-likeness (QED) is 0.599. The van der Waals surface area contributed by atoms with E-state index in [0.717, 1.165) is 38.8 Å². The molecule has 0 aromatic rings. The summed E-state index contributed by atoms with van der Waals surface area (Å²) in [6.07, 6.45) is 5.54. The highest BCUT2D eigenvalue weighted by Gasteiger charge is 2.22. The molecule has 78 valence electrons. The second-order valence-corrected chi connectivity index (χ2v) is 3.80. The molecule has 13 heavy (non-hydrogen) atoms. The predicted molar refractivity (Wildman–Crippen MR) is 52.6 cm³/mol. The zero-order valence-corrected chi connectivity index (χ0v) is 8.28. The minimum Gasteiger partial charge on any atom is -0.396 e. The van der Waals surface area contributed by atoms with E-state index in [9.17, 15) is 0 Å². The van der Waals surface area contributed by atoms with Gasteiger partial charge in [0.15, 0.2) is 0 Å². The third-order valence-electron chi connectivity index (χ3n) is 2.81. The minimum absolute atomic E-state index is 0.306. The molecule has 1 aliphatic rings. The second-order valence-electron chi connectivity index (χ2n) is 3.80. The van der Waals surface area contributed by atoms with Crippen molar-refractivity contribution in [1.29, 1.82) is 0 Å². The van der Waals surface area contributed by atoms with Gasteiger partial charge < -0.3 is 10.2 Å². The molecule has 0 bridgehead atoms. The number of likely N-dealkylation sites (tertiary alicyclic amines) is 1. The summed E-state index contributed by atoms with van der Waals surface area (Å²) in [5, 5.41) is 17.7. The lowest BCUT2D eigenvalue weighted by atomic mass is 10.2. The van der Waals surface area contributed by atoms with E-state index in [1.54, 1.807) is 0 Å². The van der Waals surface area contributed by atoms with E-state index in [-0.39, 0.29) is 0 Å². The van der Waals surface area contributed by atoms with Crippen molar-refractivity contribution in [2.75, 3.05) is 26.3 Å². The van der Waals surface area contributed by atoms with Crippen LogP contribution in [-0.2, 0) is 0 Å². The Bertz CT molecular complexity index is 130. The Morgan fingerprint density at radius 2 is 2.00 bits per heavy atom. The monoisotopic (exact) mass is 187 g/mol. The van der Waals surface area contributed by atoms with Crippen LogP contribution in [0.15, 0.2) is 0 Å². The second kappa shape index (κ2) is 6.35. The molecule has 0 spiro atoms. The largest absolute Gasteiger partial charge is 0.396 e. The molecule has 3 nitrogen and oxygen atoms in total. The summed E-state index contributed by atoms with van der Waals surface area (Å²) in [5.74, 6) is 0. The van der Waals surface area contributed by atoms with E-state index in [0.29, 0.717) is 19.3 Å². The first-order valence-corrected chi connectivity index (χ1v) is 5.34. The van der Waals surface area contributed by atoms with Crippen molar-refractivity contribution in [3.8, 4) is 0 Å². The van der Waals surface area contributed by atoms with Gasteiger partial charge in [-0.15, -0.1) is 0 Å². The van der Waals surface area contributed by atoms with Crippen LogP contribution in [0.3, 0.4) is 0 Å². The number of aliphatic hydroxyl groups excluding tert-OH is 2. The van der Waals surface area contributed by atoms with Crippen LogP contribution in [0, 0.1) is 0 Å². The van der Waals surface area contributed by atoms with E-state index >= 15 is 0 Å². The maximum Gasteiger partial charge on any atom is 0.0586 e. The lowest BCUT2D eigenvalue weighted by Crippen LogP contribution is -2.32. The smallest absolute Gasteiger partial charge is 0.0586 e. The summed E-state index contributed by atoms with van der Waals surface area (Å²) in [4.78, 5) is 2.37. The molecule has 0 radical (unpaired) electrons. The molecule has 1 heterocycles. The first kappa shape index (κ1) is 11.0. The number of unbranched alkanes of at least 4 members (excludes halogenated alkanes) is 2. The molecule has 0 aromatic heterocycles. The van der Waals surface area contributed by atoms with Gasteiger partial charge in [-0.1, -0.05) is 0 Å². The Morgan fingerprint density at radius 1 is 1.15 bits per heavy atom. The van der Waals surface area contributed by atoms with Gasteiger partial charge >= 0.3 is 0 Å². The van der Waals surface area contributed by atoms with Crippen LogP contribution in [0.25, 0.3) is 0 Å². The Labute approximate surface area is 80.4 Å². The van der Waals surface area contributed by atoms with Crippen molar-refractivity contribution in [1.82, 2.24) is 4.90 Å². The predicted octanol–water partition coefficient (Wildman–Crippen LogP) is 0.606. The molecule has 1 unspecified atom stereocenters. The summed E-state index contributed by atoms with van der Waals surface area (Å²) in [7, 11) is 0. The molecular weight excluding hydrogens is 166 g/mol. The van der Waals surface area contributed by atoms with Gasteiger partial charge in [0, 0.05) is 12.6 Å². The highest BCUT2D eigenvalue weighted by Crippen LogP contribution is 2.17. The average Bonchev–Trinajstić information content (AvgIpc) is 2.60. The average molecular weight is 187 g/mol. The SMILES string of the molecule is OCCCCCN1CCCC1CO. The standard InChI is InChI=1S/C10H21NO2/c12-8-3-1-2-6-11-7-4-5-10(11)9-13/h10,12-13H,1-9H2. The molecule has 1 fully saturated rings. The van der Waals surface area contributed by atoms with Crippen LogP contribution in [0.4, 0.5) is 0 Å². The van der Waals surface area contributed by atoms with Gasteiger partial charge in [-0.3, -0.25) is 4.90 Å². The zero-order chi connectivity index (χ0) is 9.52. The summed E-state index contributed by atoms with van der Waals surface area (Å²) < 4.78 is 0. The third kappa shape index (κ3) is 3.63. The molecule has 0 aliphatic carbocycles. The Balaban J connectivity index is 2.06. The van der Waals surface area contributed by atoms with E-state index < -0.39 is 0 Å². The lowest BCUT2D eigenvalue weighted by Gasteiger charge is -2.22. The third-order valence-corrected chi connectivity index (χ3v) is 2.81. The maximum atomic E-state index is 9.06. The number of rotatable bonds is 6. The molecule has 0 saturated carbocycles. The first-order valence-electron chi connectivity index (χ1n) is 5.34. The van der Waals surface area contributed by atoms with Gasteiger partial charge in [0.25, 0.3) is 0 Å². The summed E-state index contributed by atoms with van der Waals surface area (Å²) in [5.41, 5.74) is 0. The number of hydrogen-bond donors (Lipinski definition) is 2. The van der Waals surface area contributed by atoms with Gasteiger partial charge in [-0.2, -0.15) is 0 Å². The van der Waals surface area contributed by atoms with Crippen LogP contribution in [0.5, 0.6) is 0 Å². The van der Waals surface area contributed by atoms with Gasteiger partial charge in [-0.25, -0.2) is 0 Å². The van der Waals surface area contributed by atoms with Crippen molar-refractivity contribution in [2.45, 2.75) is 38.1 Å². The maximum absolute atomic E-state index is 9.06. The van der Waals surface area contributed by atoms with E-state index in [1.165, 1.54) is 6.42 Å². The van der Waals surface area contributed by atoms with E-state index in [2.05, 4.69) is 4.90 Å². The first-order chi connectivity index (χ1) is 6.38. The molecule has 1 saturated heterocycles. The fraction of sp³-hybridized carbons (Fsp3) is 1.00. The number of hydrogen-bond acceptors (Lipinski definition) is 3. The van der Waals surface area contributed by atoms with Gasteiger partial charge in [0.05, 0.1) is 6.61 Å².